The van der Waals surface area contributed by atoms with Crippen LogP contribution in [0.2, 0.25) is 0 Å². The van der Waals surface area contributed by atoms with Gasteiger partial charge < -0.3 is 20.1 Å². The van der Waals surface area contributed by atoms with Crippen LogP contribution < -0.4 is 15.4 Å². The molecule has 3 rings (SSSR count). The first-order valence-electron chi connectivity index (χ1n) is 9.95. The Bertz CT molecular complexity index is 1120. The van der Waals surface area contributed by atoms with Crippen molar-refractivity contribution >= 4 is 29.2 Å². The summed E-state index contributed by atoms with van der Waals surface area (Å²) < 4.78 is 10.3. The highest BCUT2D eigenvalue weighted by molar-refractivity contribution is 6.08. The summed E-state index contributed by atoms with van der Waals surface area (Å²) >= 11 is 0. The van der Waals surface area contributed by atoms with Crippen molar-refractivity contribution in [2.24, 2.45) is 0 Å². The zero-order valence-corrected chi connectivity index (χ0v) is 18.1. The van der Waals surface area contributed by atoms with Crippen molar-refractivity contribution in [3.05, 3.63) is 89.0 Å². The van der Waals surface area contributed by atoms with E-state index >= 15 is 0 Å². The number of benzene rings is 3. The Hall–Kier alpha value is -4.13. The molecule has 0 unspecified atom stereocenters. The van der Waals surface area contributed by atoms with Crippen molar-refractivity contribution in [3.63, 3.8) is 0 Å². The number of rotatable bonds is 7. The lowest BCUT2D eigenvalue weighted by Gasteiger charge is -2.11. The number of amides is 2. The highest BCUT2D eigenvalue weighted by Crippen LogP contribution is 2.19. The Morgan fingerprint density at radius 1 is 0.844 bits per heavy atom. The molecular weight excluding hydrogens is 408 g/mol. The quantitative estimate of drug-likeness (QED) is 0.541. The van der Waals surface area contributed by atoms with Crippen molar-refractivity contribution in [2.75, 3.05) is 24.4 Å². The molecule has 0 spiro atoms. The van der Waals surface area contributed by atoms with E-state index in [0.717, 1.165) is 11.1 Å². The molecule has 3 aromatic carbocycles. The van der Waals surface area contributed by atoms with Crippen molar-refractivity contribution < 1.29 is 23.9 Å². The second-order valence-corrected chi connectivity index (χ2v) is 7.23. The van der Waals surface area contributed by atoms with Crippen LogP contribution in [0.1, 0.15) is 31.8 Å². The van der Waals surface area contributed by atoms with Gasteiger partial charge in [-0.3, -0.25) is 9.59 Å². The molecule has 0 fully saturated rings. The second kappa shape index (κ2) is 10.3. The van der Waals surface area contributed by atoms with Gasteiger partial charge in [0.1, 0.15) is 5.75 Å². The van der Waals surface area contributed by atoms with Gasteiger partial charge in [0.25, 0.3) is 11.8 Å². The Morgan fingerprint density at radius 2 is 1.50 bits per heavy atom. The third kappa shape index (κ3) is 5.95. The molecule has 3 aromatic rings. The van der Waals surface area contributed by atoms with Gasteiger partial charge >= 0.3 is 5.97 Å². The van der Waals surface area contributed by atoms with E-state index in [0.29, 0.717) is 22.7 Å². The number of anilines is 2. The van der Waals surface area contributed by atoms with Crippen LogP contribution in [0.3, 0.4) is 0 Å². The van der Waals surface area contributed by atoms with Crippen LogP contribution in [-0.2, 0) is 9.53 Å². The molecule has 0 atom stereocenters. The number of aryl methyl sites for hydroxylation is 2. The summed E-state index contributed by atoms with van der Waals surface area (Å²) in [4.78, 5) is 36.6. The first-order chi connectivity index (χ1) is 15.4. The number of ether oxygens (including phenoxy) is 2. The summed E-state index contributed by atoms with van der Waals surface area (Å²) in [7, 11) is 1.28. The number of methoxy groups -OCH3 is 1. The molecule has 7 heteroatoms. The summed E-state index contributed by atoms with van der Waals surface area (Å²) in [5.41, 5.74) is 3.63. The standard InChI is InChI=1S/C25H24N2O5/c1-16-12-17(2)14-20(13-16)32-15-23(28)26-19-10-8-18(9-11-19)24(29)27-22-7-5-4-6-21(22)25(30)31-3/h4-14H,15H2,1-3H3,(H,26,28)(H,27,29). The van der Waals surface area contributed by atoms with E-state index in [1.807, 2.05) is 32.0 Å². The number of carbonyl (C=O) groups is 3. The number of hydrogen-bond acceptors (Lipinski definition) is 5. The number of hydrogen-bond donors (Lipinski definition) is 2. The van der Waals surface area contributed by atoms with Crippen molar-refractivity contribution in [1.29, 1.82) is 0 Å². The van der Waals surface area contributed by atoms with E-state index in [1.165, 1.54) is 7.11 Å². The fourth-order valence-corrected chi connectivity index (χ4v) is 3.14. The van der Waals surface area contributed by atoms with Gasteiger partial charge in [0.2, 0.25) is 0 Å². The molecule has 2 N–H and O–H groups in total. The predicted octanol–water partition coefficient (Wildman–Crippen LogP) is 4.36. The van der Waals surface area contributed by atoms with Crippen LogP contribution in [-0.4, -0.2) is 31.5 Å². The molecule has 7 nitrogen and oxygen atoms in total. The van der Waals surface area contributed by atoms with Crippen LogP contribution >= 0.6 is 0 Å². The highest BCUT2D eigenvalue weighted by atomic mass is 16.5. The molecule has 164 valence electrons. The minimum Gasteiger partial charge on any atom is -0.484 e. The maximum absolute atomic E-state index is 12.6. The van der Waals surface area contributed by atoms with Crippen LogP contribution in [0, 0.1) is 13.8 Å². The first-order valence-corrected chi connectivity index (χ1v) is 9.95. The Morgan fingerprint density at radius 3 is 2.16 bits per heavy atom. The third-order valence-electron chi connectivity index (χ3n) is 4.58. The maximum Gasteiger partial charge on any atom is 0.339 e. The van der Waals surface area contributed by atoms with E-state index < -0.39 is 11.9 Å². The molecule has 0 aliphatic carbocycles. The fraction of sp³-hybridized carbons (Fsp3) is 0.160. The van der Waals surface area contributed by atoms with Crippen LogP contribution in [0.5, 0.6) is 5.75 Å². The summed E-state index contributed by atoms with van der Waals surface area (Å²) in [6, 6.07) is 18.7. The average molecular weight is 432 g/mol. The molecule has 0 aliphatic heterocycles. The Kier molecular flexibility index (Phi) is 7.23. The van der Waals surface area contributed by atoms with Gasteiger partial charge in [-0.25, -0.2) is 4.79 Å². The van der Waals surface area contributed by atoms with Gasteiger partial charge in [-0.1, -0.05) is 18.2 Å². The van der Waals surface area contributed by atoms with Crippen LogP contribution in [0.4, 0.5) is 11.4 Å². The molecule has 2 amide bonds. The van der Waals surface area contributed by atoms with E-state index in [-0.39, 0.29) is 18.1 Å². The van der Waals surface area contributed by atoms with Crippen molar-refractivity contribution in [3.8, 4) is 5.75 Å². The largest absolute Gasteiger partial charge is 0.484 e. The normalized spacial score (nSPS) is 10.2. The molecule has 0 heterocycles. The SMILES string of the molecule is COC(=O)c1ccccc1NC(=O)c1ccc(NC(=O)COc2cc(C)cc(C)c2)cc1. The molecule has 0 bridgehead atoms. The topological polar surface area (TPSA) is 93.7 Å². The van der Waals surface area contributed by atoms with Crippen molar-refractivity contribution in [2.45, 2.75) is 13.8 Å². The number of para-hydroxylation sites is 1. The van der Waals surface area contributed by atoms with Gasteiger partial charge in [0, 0.05) is 11.3 Å². The third-order valence-corrected chi connectivity index (χ3v) is 4.58. The predicted molar refractivity (Wildman–Crippen MR) is 122 cm³/mol. The molecule has 0 radical (unpaired) electrons. The van der Waals surface area contributed by atoms with E-state index in [1.54, 1.807) is 48.5 Å². The zero-order valence-electron chi connectivity index (χ0n) is 18.1. The minimum atomic E-state index is -0.540. The average Bonchev–Trinajstić information content (AvgIpc) is 2.77. The van der Waals surface area contributed by atoms with Crippen LogP contribution in [0.15, 0.2) is 66.7 Å². The van der Waals surface area contributed by atoms with E-state index in [2.05, 4.69) is 10.6 Å². The maximum atomic E-state index is 12.6. The molecule has 0 aliphatic rings. The number of nitrogens with one attached hydrogen (secondary N) is 2. The zero-order chi connectivity index (χ0) is 23.1. The van der Waals surface area contributed by atoms with Crippen LogP contribution in [0.25, 0.3) is 0 Å². The van der Waals surface area contributed by atoms with E-state index in [9.17, 15) is 14.4 Å². The smallest absolute Gasteiger partial charge is 0.339 e. The van der Waals surface area contributed by atoms with Gasteiger partial charge in [0.15, 0.2) is 6.61 Å². The summed E-state index contributed by atoms with van der Waals surface area (Å²) in [5.74, 6) is -0.607. The van der Waals surface area contributed by atoms with Gasteiger partial charge in [-0.2, -0.15) is 0 Å². The molecule has 0 saturated heterocycles. The first kappa shape index (κ1) is 22.6. The lowest BCUT2D eigenvalue weighted by atomic mass is 10.1. The minimum absolute atomic E-state index is 0.130. The Balaban J connectivity index is 1.58. The second-order valence-electron chi connectivity index (χ2n) is 7.23. The molecule has 0 aromatic heterocycles. The Labute approximate surface area is 186 Å². The van der Waals surface area contributed by atoms with Gasteiger partial charge in [-0.05, 0) is 73.5 Å². The van der Waals surface area contributed by atoms with E-state index in [4.69, 9.17) is 9.47 Å². The summed E-state index contributed by atoms with van der Waals surface area (Å²) in [5, 5.41) is 5.43. The lowest BCUT2D eigenvalue weighted by Crippen LogP contribution is -2.20. The van der Waals surface area contributed by atoms with Gasteiger partial charge in [-0.15, -0.1) is 0 Å². The lowest BCUT2D eigenvalue weighted by molar-refractivity contribution is -0.118. The number of carbonyl (C=O) groups excluding carboxylic acids is 3. The monoisotopic (exact) mass is 432 g/mol. The fourth-order valence-electron chi connectivity index (χ4n) is 3.14. The van der Waals surface area contributed by atoms with Gasteiger partial charge in [0.05, 0.1) is 18.4 Å². The summed E-state index contributed by atoms with van der Waals surface area (Å²) in [6.45, 7) is 3.80. The van der Waals surface area contributed by atoms with Crippen molar-refractivity contribution in [1.82, 2.24) is 0 Å². The molecule has 0 saturated carbocycles. The molecular formula is C25H24N2O5. The summed E-state index contributed by atoms with van der Waals surface area (Å²) in [6.07, 6.45) is 0. The highest BCUT2D eigenvalue weighted by Gasteiger charge is 2.14. The molecule has 32 heavy (non-hydrogen) atoms. The number of esters is 1.